The second-order valence-electron chi connectivity index (χ2n) is 3.55. The van der Waals surface area contributed by atoms with Gasteiger partial charge in [0.2, 0.25) is 5.95 Å². The number of aromatic nitrogens is 2. The van der Waals surface area contributed by atoms with Crippen LogP contribution in [0.4, 0.5) is 10.3 Å². The number of thioether (sulfide) groups is 1. The van der Waals surface area contributed by atoms with Crippen molar-refractivity contribution in [3.63, 3.8) is 0 Å². The molecule has 3 nitrogen and oxygen atoms in total. The first-order chi connectivity index (χ1) is 7.29. The smallest absolute Gasteiger partial charge is 0.225 e. The van der Waals surface area contributed by atoms with Crippen LogP contribution in [0.3, 0.4) is 0 Å². The van der Waals surface area contributed by atoms with Crippen molar-refractivity contribution < 1.29 is 4.39 Å². The minimum Gasteiger partial charge on any atom is -0.339 e. The summed E-state index contributed by atoms with van der Waals surface area (Å²) in [6, 6.07) is 0. The molecule has 15 heavy (non-hydrogen) atoms. The Hall–Kier alpha value is -0.840. The molecule has 1 aromatic heterocycles. The van der Waals surface area contributed by atoms with Gasteiger partial charge in [0, 0.05) is 24.1 Å². The normalized spacial score (nSPS) is 21.7. The van der Waals surface area contributed by atoms with Crippen molar-refractivity contribution in [2.45, 2.75) is 18.6 Å². The molecule has 0 saturated carbocycles. The van der Waals surface area contributed by atoms with E-state index in [0.29, 0.717) is 11.2 Å². The highest BCUT2D eigenvalue weighted by molar-refractivity contribution is 8.00. The third-order valence-corrected chi connectivity index (χ3v) is 3.86. The first-order valence-electron chi connectivity index (χ1n) is 5.13. The topological polar surface area (TPSA) is 29.0 Å². The molecule has 0 N–H and O–H groups in total. The highest BCUT2D eigenvalue weighted by Gasteiger charge is 2.20. The van der Waals surface area contributed by atoms with Gasteiger partial charge in [0.25, 0.3) is 0 Å². The molecule has 0 unspecified atom stereocenters. The van der Waals surface area contributed by atoms with E-state index < -0.39 is 0 Å². The van der Waals surface area contributed by atoms with Crippen LogP contribution in [-0.2, 0) is 0 Å². The summed E-state index contributed by atoms with van der Waals surface area (Å²) in [7, 11) is 0. The fourth-order valence-electron chi connectivity index (χ4n) is 1.62. The standard InChI is InChI=1S/C10H14FN3S/c1-2-9-7-14(3-4-15-9)10-12-5-8(11)6-13-10/h5-6,9H,2-4,7H2,1H3/t9-/m0/s1. The molecule has 1 aliphatic heterocycles. The Morgan fingerprint density at radius 2 is 2.27 bits per heavy atom. The van der Waals surface area contributed by atoms with Gasteiger partial charge in [-0.3, -0.25) is 0 Å². The minimum absolute atomic E-state index is 0.378. The second kappa shape index (κ2) is 4.79. The molecule has 1 saturated heterocycles. The van der Waals surface area contributed by atoms with E-state index in [2.05, 4.69) is 21.8 Å². The van der Waals surface area contributed by atoms with Crippen LogP contribution in [0.2, 0.25) is 0 Å². The lowest BCUT2D eigenvalue weighted by atomic mass is 10.3. The van der Waals surface area contributed by atoms with Crippen molar-refractivity contribution >= 4 is 17.7 Å². The minimum atomic E-state index is -0.378. The average molecular weight is 227 g/mol. The maximum atomic E-state index is 12.6. The summed E-state index contributed by atoms with van der Waals surface area (Å²) < 4.78 is 12.6. The largest absolute Gasteiger partial charge is 0.339 e. The van der Waals surface area contributed by atoms with E-state index in [1.165, 1.54) is 12.4 Å². The van der Waals surface area contributed by atoms with Gasteiger partial charge in [0.15, 0.2) is 5.82 Å². The Bertz CT molecular complexity index is 317. The quantitative estimate of drug-likeness (QED) is 0.772. The molecule has 2 rings (SSSR count). The van der Waals surface area contributed by atoms with Crippen molar-refractivity contribution in [2.75, 3.05) is 23.7 Å². The molecule has 1 atom stereocenters. The number of halogens is 1. The summed E-state index contributed by atoms with van der Waals surface area (Å²) in [5.41, 5.74) is 0. The van der Waals surface area contributed by atoms with Crippen LogP contribution in [0.1, 0.15) is 13.3 Å². The lowest BCUT2D eigenvalue weighted by Crippen LogP contribution is -2.38. The summed E-state index contributed by atoms with van der Waals surface area (Å²) in [6.45, 7) is 4.10. The van der Waals surface area contributed by atoms with E-state index in [1.54, 1.807) is 0 Å². The molecule has 1 aliphatic rings. The van der Waals surface area contributed by atoms with Gasteiger partial charge >= 0.3 is 0 Å². The van der Waals surface area contributed by atoms with Gasteiger partial charge in [-0.1, -0.05) is 6.92 Å². The third kappa shape index (κ3) is 2.59. The molecule has 1 fully saturated rings. The lowest BCUT2D eigenvalue weighted by Gasteiger charge is -2.31. The summed E-state index contributed by atoms with van der Waals surface area (Å²) >= 11 is 1.99. The van der Waals surface area contributed by atoms with Gasteiger partial charge in [0.1, 0.15) is 0 Å². The van der Waals surface area contributed by atoms with Crippen molar-refractivity contribution in [1.82, 2.24) is 9.97 Å². The SMILES string of the molecule is CC[C@H]1CN(c2ncc(F)cn2)CCS1. The van der Waals surface area contributed by atoms with Gasteiger partial charge in [-0.2, -0.15) is 11.8 Å². The summed E-state index contributed by atoms with van der Waals surface area (Å²) in [5.74, 6) is 1.37. The summed E-state index contributed by atoms with van der Waals surface area (Å²) in [6.07, 6.45) is 3.61. The van der Waals surface area contributed by atoms with Crippen LogP contribution in [0.15, 0.2) is 12.4 Å². The first-order valence-corrected chi connectivity index (χ1v) is 6.18. The van der Waals surface area contributed by atoms with Gasteiger partial charge < -0.3 is 4.90 Å². The fraction of sp³-hybridized carbons (Fsp3) is 0.600. The average Bonchev–Trinajstić information content (AvgIpc) is 2.30. The highest BCUT2D eigenvalue weighted by atomic mass is 32.2. The third-order valence-electron chi connectivity index (χ3n) is 2.48. The number of hydrogen-bond donors (Lipinski definition) is 0. The Morgan fingerprint density at radius 3 is 2.93 bits per heavy atom. The molecule has 2 heterocycles. The Labute approximate surface area is 93.1 Å². The Balaban J connectivity index is 2.06. The molecule has 82 valence electrons. The van der Waals surface area contributed by atoms with Gasteiger partial charge in [-0.05, 0) is 6.42 Å². The zero-order chi connectivity index (χ0) is 10.7. The molecule has 0 spiro atoms. The van der Waals surface area contributed by atoms with Gasteiger partial charge in [0.05, 0.1) is 12.4 Å². The van der Waals surface area contributed by atoms with E-state index in [4.69, 9.17) is 0 Å². The molecule has 0 radical (unpaired) electrons. The van der Waals surface area contributed by atoms with Crippen LogP contribution >= 0.6 is 11.8 Å². The van der Waals surface area contributed by atoms with Crippen LogP contribution in [0.5, 0.6) is 0 Å². The number of anilines is 1. The predicted octanol–water partition coefficient (Wildman–Crippen LogP) is 1.95. The number of hydrogen-bond acceptors (Lipinski definition) is 4. The molecule has 0 amide bonds. The maximum Gasteiger partial charge on any atom is 0.225 e. The van der Waals surface area contributed by atoms with Crippen molar-refractivity contribution in [2.24, 2.45) is 0 Å². The molecular formula is C10H14FN3S. The fourth-order valence-corrected chi connectivity index (χ4v) is 2.80. The first kappa shape index (κ1) is 10.7. The van der Waals surface area contributed by atoms with E-state index in [-0.39, 0.29) is 5.82 Å². The van der Waals surface area contributed by atoms with E-state index in [9.17, 15) is 4.39 Å². The molecule has 1 aromatic rings. The molecule has 0 bridgehead atoms. The molecule has 0 aromatic carbocycles. The number of nitrogens with zero attached hydrogens (tertiary/aromatic N) is 3. The zero-order valence-electron chi connectivity index (χ0n) is 8.69. The Morgan fingerprint density at radius 1 is 1.53 bits per heavy atom. The lowest BCUT2D eigenvalue weighted by molar-refractivity contribution is 0.609. The molecule has 5 heteroatoms. The summed E-state index contributed by atoms with van der Waals surface area (Å²) in [5, 5.41) is 0.646. The van der Waals surface area contributed by atoms with Crippen molar-refractivity contribution in [3.05, 3.63) is 18.2 Å². The van der Waals surface area contributed by atoms with Crippen LogP contribution in [0.25, 0.3) is 0 Å². The van der Waals surface area contributed by atoms with Crippen LogP contribution < -0.4 is 4.90 Å². The zero-order valence-corrected chi connectivity index (χ0v) is 9.50. The van der Waals surface area contributed by atoms with E-state index in [1.807, 2.05) is 11.8 Å². The second-order valence-corrected chi connectivity index (χ2v) is 4.96. The number of rotatable bonds is 2. The van der Waals surface area contributed by atoms with E-state index >= 15 is 0 Å². The van der Waals surface area contributed by atoms with Crippen LogP contribution in [0, 0.1) is 5.82 Å². The molecular weight excluding hydrogens is 213 g/mol. The van der Waals surface area contributed by atoms with Gasteiger partial charge in [-0.15, -0.1) is 0 Å². The molecule has 0 aliphatic carbocycles. The van der Waals surface area contributed by atoms with Gasteiger partial charge in [-0.25, -0.2) is 14.4 Å². The van der Waals surface area contributed by atoms with Crippen molar-refractivity contribution in [1.29, 1.82) is 0 Å². The van der Waals surface area contributed by atoms with Crippen LogP contribution in [-0.4, -0.2) is 34.1 Å². The predicted molar refractivity (Wildman–Crippen MR) is 60.7 cm³/mol. The van der Waals surface area contributed by atoms with Crippen molar-refractivity contribution in [3.8, 4) is 0 Å². The highest BCUT2D eigenvalue weighted by Crippen LogP contribution is 2.23. The maximum absolute atomic E-state index is 12.6. The van der Waals surface area contributed by atoms with E-state index in [0.717, 1.165) is 25.3 Å². The Kier molecular flexibility index (Phi) is 3.41. The summed E-state index contributed by atoms with van der Waals surface area (Å²) in [4.78, 5) is 10.1. The monoisotopic (exact) mass is 227 g/mol.